The summed E-state index contributed by atoms with van der Waals surface area (Å²) >= 11 is 6.51. The van der Waals surface area contributed by atoms with Gasteiger partial charge >= 0.3 is 0 Å². The summed E-state index contributed by atoms with van der Waals surface area (Å²) in [4.78, 5) is 0. The molecule has 18 heavy (non-hydrogen) atoms. The average molecular weight is 267 g/mol. The minimum absolute atomic E-state index is 0.00307. The minimum atomic E-state index is 0.00307. The lowest BCUT2D eigenvalue weighted by molar-refractivity contribution is 0.0609. The first-order chi connectivity index (χ1) is 8.61. The summed E-state index contributed by atoms with van der Waals surface area (Å²) < 4.78 is 11.1. The molecule has 2 nitrogen and oxygen atoms in total. The molecule has 0 amide bonds. The third-order valence-electron chi connectivity index (χ3n) is 3.04. The molecule has 0 saturated carbocycles. The largest absolute Gasteiger partial charge is 0.374 e. The lowest BCUT2D eigenvalue weighted by atomic mass is 10.0. The molecule has 1 aliphatic rings. The fraction of sp³-hybridized carbons (Fsp3) is 0.467. The second-order valence-electron chi connectivity index (χ2n) is 4.67. The molecular weight excluding hydrogens is 248 g/mol. The number of hydrogen-bond acceptors (Lipinski definition) is 2. The van der Waals surface area contributed by atoms with Gasteiger partial charge in [-0.15, -0.1) is 0 Å². The second kappa shape index (κ2) is 5.87. The second-order valence-corrected chi connectivity index (χ2v) is 5.05. The molecule has 98 valence electrons. The summed E-state index contributed by atoms with van der Waals surface area (Å²) in [6, 6.07) is 6.34. The van der Waals surface area contributed by atoms with Crippen LogP contribution in [0.15, 0.2) is 23.8 Å². The van der Waals surface area contributed by atoms with Gasteiger partial charge in [0.1, 0.15) is 6.10 Å². The Morgan fingerprint density at radius 2 is 2.00 bits per heavy atom. The van der Waals surface area contributed by atoms with E-state index in [4.69, 9.17) is 21.1 Å². The Bertz CT molecular complexity index is 445. The monoisotopic (exact) mass is 266 g/mol. The Hall–Kier alpha value is -0.830. The highest BCUT2D eigenvalue weighted by Crippen LogP contribution is 2.30. The smallest absolute Gasteiger partial charge is 0.106 e. The maximum atomic E-state index is 6.51. The number of halogens is 1. The van der Waals surface area contributed by atoms with Crippen molar-refractivity contribution < 1.29 is 9.47 Å². The maximum absolute atomic E-state index is 6.51. The standard InChI is InChI=1S/C15H19ClO2/c1-4-18-14-9-17-8-13(14)15(16)12-6-10(2)5-11(3)7-12/h5-7,14H,4,8-9H2,1-3H3/b15-13+. The molecule has 1 fully saturated rings. The molecule has 0 bridgehead atoms. The first-order valence-electron chi connectivity index (χ1n) is 6.28. The van der Waals surface area contributed by atoms with Crippen LogP contribution in [-0.4, -0.2) is 25.9 Å². The summed E-state index contributed by atoms with van der Waals surface area (Å²) in [6.07, 6.45) is 0.00307. The van der Waals surface area contributed by atoms with E-state index < -0.39 is 0 Å². The molecule has 1 unspecified atom stereocenters. The van der Waals surface area contributed by atoms with Crippen LogP contribution in [-0.2, 0) is 9.47 Å². The van der Waals surface area contributed by atoms with Crippen molar-refractivity contribution in [1.29, 1.82) is 0 Å². The predicted octanol–water partition coefficient (Wildman–Crippen LogP) is 3.69. The normalized spacial score (nSPS) is 22.3. The molecular formula is C15H19ClO2. The molecule has 1 aromatic rings. The molecule has 0 spiro atoms. The van der Waals surface area contributed by atoms with Crippen LogP contribution in [0.2, 0.25) is 0 Å². The van der Waals surface area contributed by atoms with Crippen LogP contribution in [0, 0.1) is 13.8 Å². The van der Waals surface area contributed by atoms with Gasteiger partial charge in [0.25, 0.3) is 0 Å². The molecule has 1 saturated heterocycles. The summed E-state index contributed by atoms with van der Waals surface area (Å²) in [5.41, 5.74) is 4.55. The quantitative estimate of drug-likeness (QED) is 0.831. The van der Waals surface area contributed by atoms with Crippen molar-refractivity contribution in [2.75, 3.05) is 19.8 Å². The van der Waals surface area contributed by atoms with Gasteiger partial charge in [-0.25, -0.2) is 0 Å². The van der Waals surface area contributed by atoms with Crippen LogP contribution in [0.1, 0.15) is 23.6 Å². The zero-order chi connectivity index (χ0) is 13.1. The van der Waals surface area contributed by atoms with Crippen molar-refractivity contribution in [3.05, 3.63) is 40.5 Å². The van der Waals surface area contributed by atoms with Crippen molar-refractivity contribution in [2.45, 2.75) is 26.9 Å². The number of benzene rings is 1. The van der Waals surface area contributed by atoms with Crippen LogP contribution in [0.5, 0.6) is 0 Å². The lowest BCUT2D eigenvalue weighted by Gasteiger charge is -2.13. The van der Waals surface area contributed by atoms with Crippen LogP contribution >= 0.6 is 11.6 Å². The van der Waals surface area contributed by atoms with Gasteiger partial charge in [-0.1, -0.05) is 40.9 Å². The maximum Gasteiger partial charge on any atom is 0.106 e. The first kappa shape index (κ1) is 13.6. The molecule has 1 aliphatic heterocycles. The van der Waals surface area contributed by atoms with E-state index in [0.29, 0.717) is 19.8 Å². The van der Waals surface area contributed by atoms with E-state index in [2.05, 4.69) is 32.0 Å². The number of ether oxygens (including phenoxy) is 2. The van der Waals surface area contributed by atoms with Crippen LogP contribution in [0.25, 0.3) is 5.03 Å². The zero-order valence-electron chi connectivity index (χ0n) is 11.1. The highest BCUT2D eigenvalue weighted by Gasteiger charge is 2.25. The number of hydrogen-bond donors (Lipinski definition) is 0. The summed E-state index contributed by atoms with van der Waals surface area (Å²) in [5, 5.41) is 0.776. The van der Waals surface area contributed by atoms with Gasteiger partial charge in [0.2, 0.25) is 0 Å². The fourth-order valence-electron chi connectivity index (χ4n) is 2.31. The molecule has 2 rings (SSSR count). The van der Waals surface area contributed by atoms with Gasteiger partial charge in [-0.3, -0.25) is 0 Å². The van der Waals surface area contributed by atoms with Crippen molar-refractivity contribution in [2.24, 2.45) is 0 Å². The molecule has 0 N–H and O–H groups in total. The van der Waals surface area contributed by atoms with Gasteiger partial charge in [-0.2, -0.15) is 0 Å². The molecule has 0 aromatic heterocycles. The summed E-state index contributed by atoms with van der Waals surface area (Å²) in [7, 11) is 0. The van der Waals surface area contributed by atoms with Crippen LogP contribution in [0.3, 0.4) is 0 Å². The topological polar surface area (TPSA) is 18.5 Å². The van der Waals surface area contributed by atoms with Gasteiger partial charge < -0.3 is 9.47 Å². The highest BCUT2D eigenvalue weighted by molar-refractivity contribution is 6.49. The first-order valence-corrected chi connectivity index (χ1v) is 6.66. The van der Waals surface area contributed by atoms with Gasteiger partial charge in [0, 0.05) is 12.2 Å². The highest BCUT2D eigenvalue weighted by atomic mass is 35.5. The molecule has 1 aromatic carbocycles. The summed E-state index contributed by atoms with van der Waals surface area (Å²) in [6.45, 7) is 7.99. The molecule has 0 aliphatic carbocycles. The molecule has 1 heterocycles. The Morgan fingerprint density at radius 1 is 1.33 bits per heavy atom. The van der Waals surface area contributed by atoms with Crippen molar-refractivity contribution >= 4 is 16.6 Å². The molecule has 3 heteroatoms. The van der Waals surface area contributed by atoms with Gasteiger partial charge in [-0.05, 0) is 26.3 Å². The lowest BCUT2D eigenvalue weighted by Crippen LogP contribution is -2.15. The van der Waals surface area contributed by atoms with Gasteiger partial charge in [0.05, 0.1) is 18.2 Å². The average Bonchev–Trinajstić information content (AvgIpc) is 2.75. The predicted molar refractivity (Wildman–Crippen MR) is 74.9 cm³/mol. The van der Waals surface area contributed by atoms with Crippen LogP contribution < -0.4 is 0 Å². The number of rotatable bonds is 3. The molecule has 0 radical (unpaired) electrons. The van der Waals surface area contributed by atoms with Crippen molar-refractivity contribution in [3.8, 4) is 0 Å². The van der Waals surface area contributed by atoms with E-state index in [1.165, 1.54) is 11.1 Å². The zero-order valence-corrected chi connectivity index (χ0v) is 11.9. The third-order valence-corrected chi connectivity index (χ3v) is 3.50. The Balaban J connectivity index is 2.36. The van der Waals surface area contributed by atoms with E-state index >= 15 is 0 Å². The Morgan fingerprint density at radius 3 is 2.61 bits per heavy atom. The third kappa shape index (κ3) is 2.94. The fourth-order valence-corrected chi connectivity index (χ4v) is 2.60. The van der Waals surface area contributed by atoms with Crippen molar-refractivity contribution in [3.63, 3.8) is 0 Å². The van der Waals surface area contributed by atoms with E-state index in [9.17, 15) is 0 Å². The summed E-state index contributed by atoms with van der Waals surface area (Å²) in [5.74, 6) is 0. The van der Waals surface area contributed by atoms with E-state index in [0.717, 1.165) is 16.2 Å². The Kier molecular flexibility index (Phi) is 4.44. The van der Waals surface area contributed by atoms with E-state index in [1.54, 1.807) is 0 Å². The van der Waals surface area contributed by atoms with E-state index in [-0.39, 0.29) is 6.10 Å². The van der Waals surface area contributed by atoms with E-state index in [1.807, 2.05) is 6.92 Å². The molecule has 1 atom stereocenters. The van der Waals surface area contributed by atoms with Crippen LogP contribution in [0.4, 0.5) is 0 Å². The van der Waals surface area contributed by atoms with Gasteiger partial charge in [0.15, 0.2) is 0 Å². The van der Waals surface area contributed by atoms with Crippen molar-refractivity contribution in [1.82, 2.24) is 0 Å². The minimum Gasteiger partial charge on any atom is -0.374 e. The Labute approximate surface area is 114 Å². The number of aryl methyl sites for hydroxylation is 2. The SMILES string of the molecule is CCOC1COC/C1=C(\Cl)c1cc(C)cc(C)c1.